The van der Waals surface area contributed by atoms with Crippen molar-refractivity contribution >= 4 is 6.09 Å². The molecule has 0 aliphatic carbocycles. The van der Waals surface area contributed by atoms with Gasteiger partial charge in [0.2, 0.25) is 0 Å². The molecular weight excluding hydrogens is 156 g/mol. The zero-order chi connectivity index (χ0) is 8.55. The normalized spacial score (nSPS) is 10.3. The van der Waals surface area contributed by atoms with Crippen LogP contribution in [0.3, 0.4) is 0 Å². The van der Waals surface area contributed by atoms with E-state index in [-0.39, 0.29) is 0 Å². The van der Waals surface area contributed by atoms with Gasteiger partial charge in [-0.3, -0.25) is 9.55 Å². The molecule has 0 saturated heterocycles. The van der Waals surface area contributed by atoms with Crippen molar-refractivity contribution in [2.24, 2.45) is 0 Å². The molecule has 4 heteroatoms. The summed E-state index contributed by atoms with van der Waals surface area (Å²) in [4.78, 5) is 14.5. The maximum absolute atomic E-state index is 10.5. The minimum atomic E-state index is -1.00. The van der Waals surface area contributed by atoms with E-state index in [0.29, 0.717) is 5.69 Å². The molecule has 0 fully saturated rings. The van der Waals surface area contributed by atoms with E-state index in [9.17, 15) is 4.79 Å². The summed E-state index contributed by atoms with van der Waals surface area (Å²) in [5.41, 5.74) is 1.65. The van der Waals surface area contributed by atoms with Gasteiger partial charge in [-0.15, -0.1) is 0 Å². The second-order valence-corrected chi connectivity index (χ2v) is 2.42. The van der Waals surface area contributed by atoms with Crippen LogP contribution in [0.15, 0.2) is 30.7 Å². The third-order valence-electron chi connectivity index (χ3n) is 1.66. The van der Waals surface area contributed by atoms with Gasteiger partial charge >= 0.3 is 6.09 Å². The van der Waals surface area contributed by atoms with Gasteiger partial charge in [0, 0.05) is 24.2 Å². The van der Waals surface area contributed by atoms with Crippen molar-refractivity contribution < 1.29 is 9.90 Å². The summed E-state index contributed by atoms with van der Waals surface area (Å²) < 4.78 is 1.08. The van der Waals surface area contributed by atoms with Crippen LogP contribution < -0.4 is 0 Å². The average Bonchev–Trinajstić information content (AvgIpc) is 2.49. The molecule has 0 spiro atoms. The van der Waals surface area contributed by atoms with Crippen LogP contribution >= 0.6 is 0 Å². The molecule has 0 saturated carbocycles. The lowest BCUT2D eigenvalue weighted by Crippen LogP contribution is -2.07. The van der Waals surface area contributed by atoms with E-state index in [1.165, 1.54) is 12.4 Å². The first-order valence-electron chi connectivity index (χ1n) is 3.43. The Bertz CT molecular complexity index is 394. The van der Waals surface area contributed by atoms with Crippen LogP contribution in [0, 0.1) is 0 Å². The van der Waals surface area contributed by atoms with Crippen LogP contribution in [0.4, 0.5) is 4.79 Å². The van der Waals surface area contributed by atoms with E-state index >= 15 is 0 Å². The molecule has 0 bridgehead atoms. The molecule has 12 heavy (non-hydrogen) atoms. The van der Waals surface area contributed by atoms with Gasteiger partial charge in [0.05, 0.1) is 5.69 Å². The number of pyridine rings is 1. The molecule has 1 N–H and O–H groups in total. The SMILES string of the molecule is O=C(O)n1ccc2ccnc-2c1. The van der Waals surface area contributed by atoms with Crippen LogP contribution in [0.5, 0.6) is 0 Å². The molecule has 0 atom stereocenters. The van der Waals surface area contributed by atoms with Crippen molar-refractivity contribution in [1.82, 2.24) is 9.55 Å². The largest absolute Gasteiger partial charge is 0.464 e. The Morgan fingerprint density at radius 3 is 3.08 bits per heavy atom. The second kappa shape index (κ2) is 2.34. The third-order valence-corrected chi connectivity index (χ3v) is 1.66. The molecule has 0 radical (unpaired) electrons. The first-order chi connectivity index (χ1) is 5.77. The van der Waals surface area contributed by atoms with Gasteiger partial charge in [0.1, 0.15) is 0 Å². The van der Waals surface area contributed by atoms with Crippen LogP contribution in [0.1, 0.15) is 0 Å². The fraction of sp³-hybridized carbons (Fsp3) is 0. The number of hydrogen-bond donors (Lipinski definition) is 1. The van der Waals surface area contributed by atoms with Crippen LogP contribution in [0.25, 0.3) is 11.3 Å². The van der Waals surface area contributed by atoms with E-state index in [1.54, 1.807) is 12.3 Å². The molecule has 0 amide bonds. The zero-order valence-corrected chi connectivity index (χ0v) is 6.14. The molecule has 4 nitrogen and oxygen atoms in total. The number of carboxylic acid groups (broad SMARTS) is 1. The fourth-order valence-corrected chi connectivity index (χ4v) is 1.06. The summed E-state index contributed by atoms with van der Waals surface area (Å²) in [5.74, 6) is 0. The van der Waals surface area contributed by atoms with Crippen molar-refractivity contribution in [3.8, 4) is 11.3 Å². The van der Waals surface area contributed by atoms with Gasteiger partial charge in [0.15, 0.2) is 0 Å². The number of carbonyl (C=O) groups is 1. The van der Waals surface area contributed by atoms with Crippen molar-refractivity contribution in [3.63, 3.8) is 0 Å². The quantitative estimate of drug-likeness (QED) is 0.638. The van der Waals surface area contributed by atoms with Crippen molar-refractivity contribution in [2.75, 3.05) is 0 Å². The topological polar surface area (TPSA) is 55.1 Å². The van der Waals surface area contributed by atoms with E-state index in [0.717, 1.165) is 10.1 Å². The van der Waals surface area contributed by atoms with Gasteiger partial charge in [0.25, 0.3) is 0 Å². The lowest BCUT2D eigenvalue weighted by atomic mass is 10.2. The number of fused-ring (bicyclic) bond motifs is 1. The predicted octanol–water partition coefficient (Wildman–Crippen LogP) is 1.51. The Balaban J connectivity index is 2.62. The minimum absolute atomic E-state index is 0.694. The summed E-state index contributed by atoms with van der Waals surface area (Å²) in [6, 6.07) is 3.55. The Hall–Kier alpha value is -1.84. The second-order valence-electron chi connectivity index (χ2n) is 2.42. The highest BCUT2D eigenvalue weighted by molar-refractivity contribution is 5.71. The minimum Gasteiger partial charge on any atom is -0.464 e. The smallest absolute Gasteiger partial charge is 0.415 e. The average molecular weight is 162 g/mol. The first-order valence-corrected chi connectivity index (χ1v) is 3.43. The summed E-state index contributed by atoms with van der Waals surface area (Å²) in [7, 11) is 0. The lowest BCUT2D eigenvalue weighted by Gasteiger charge is -2.01. The Morgan fingerprint density at radius 1 is 1.50 bits per heavy atom. The Labute approximate surface area is 68.4 Å². The predicted molar refractivity (Wildman–Crippen MR) is 42.3 cm³/mol. The van der Waals surface area contributed by atoms with Gasteiger partial charge in [-0.1, -0.05) is 0 Å². The molecule has 2 aliphatic heterocycles. The summed E-state index contributed by atoms with van der Waals surface area (Å²) in [5, 5.41) is 8.62. The van der Waals surface area contributed by atoms with Crippen molar-refractivity contribution in [1.29, 1.82) is 0 Å². The monoisotopic (exact) mass is 162 g/mol. The summed E-state index contributed by atoms with van der Waals surface area (Å²) in [6.07, 6.45) is 3.63. The maximum Gasteiger partial charge on any atom is 0.415 e. The number of hydrogen-bond acceptors (Lipinski definition) is 2. The van der Waals surface area contributed by atoms with Crippen LogP contribution in [-0.2, 0) is 0 Å². The van der Waals surface area contributed by atoms with Gasteiger partial charge in [-0.05, 0) is 12.1 Å². The van der Waals surface area contributed by atoms with E-state index in [1.807, 2.05) is 6.07 Å². The molecule has 0 aromatic heterocycles. The number of nitrogens with zero attached hydrogens (tertiary/aromatic N) is 2. The van der Waals surface area contributed by atoms with E-state index in [2.05, 4.69) is 4.98 Å². The zero-order valence-electron chi connectivity index (χ0n) is 6.14. The third kappa shape index (κ3) is 0.934. The fourth-order valence-electron chi connectivity index (χ4n) is 1.06. The van der Waals surface area contributed by atoms with Gasteiger partial charge in [-0.25, -0.2) is 4.79 Å². The standard InChI is InChI=1S/C8H6N2O2/c11-8(12)10-4-2-6-1-3-9-7(6)5-10/h1-5H,(H,11,12). The molecule has 0 aromatic rings. The highest BCUT2D eigenvalue weighted by atomic mass is 16.4. The summed E-state index contributed by atoms with van der Waals surface area (Å²) >= 11 is 0. The molecule has 0 unspecified atom stereocenters. The number of rotatable bonds is 0. The van der Waals surface area contributed by atoms with Gasteiger partial charge < -0.3 is 5.11 Å². The molecule has 2 aliphatic rings. The Morgan fingerprint density at radius 2 is 2.33 bits per heavy atom. The first kappa shape index (κ1) is 6.84. The van der Waals surface area contributed by atoms with Crippen LogP contribution in [-0.4, -0.2) is 20.8 Å². The molecule has 2 rings (SSSR count). The Kier molecular flexibility index (Phi) is 1.33. The van der Waals surface area contributed by atoms with Crippen molar-refractivity contribution in [3.05, 3.63) is 30.7 Å². The van der Waals surface area contributed by atoms with Crippen molar-refractivity contribution in [2.45, 2.75) is 0 Å². The maximum atomic E-state index is 10.5. The highest BCUT2D eigenvalue weighted by Crippen LogP contribution is 2.17. The lowest BCUT2D eigenvalue weighted by molar-refractivity contribution is 0.196. The molecule has 0 aromatic carbocycles. The van der Waals surface area contributed by atoms with E-state index < -0.39 is 6.09 Å². The van der Waals surface area contributed by atoms with E-state index in [4.69, 9.17) is 5.11 Å². The van der Waals surface area contributed by atoms with Crippen LogP contribution in [0.2, 0.25) is 0 Å². The molecule has 2 heterocycles. The molecule has 60 valence electrons. The highest BCUT2D eigenvalue weighted by Gasteiger charge is 2.05. The van der Waals surface area contributed by atoms with Gasteiger partial charge in [-0.2, -0.15) is 0 Å². The molecular formula is C8H6N2O2. The number of aromatic nitrogens is 2. The summed E-state index contributed by atoms with van der Waals surface area (Å²) in [6.45, 7) is 0.